The second-order valence-electron chi connectivity index (χ2n) is 12.9. The van der Waals surface area contributed by atoms with Gasteiger partial charge in [-0.2, -0.15) is 22.7 Å². The third-order valence-corrected chi connectivity index (χ3v) is 10.0. The Kier molecular flexibility index (Phi) is 8.81. The van der Waals surface area contributed by atoms with Crippen molar-refractivity contribution in [1.82, 2.24) is 29.0 Å². The molecule has 266 valence electrons. The fourth-order valence-corrected chi connectivity index (χ4v) is 7.44. The van der Waals surface area contributed by atoms with E-state index in [4.69, 9.17) is 16.6 Å². The molecule has 1 saturated carbocycles. The monoisotopic (exact) mass is 724 g/mol. The SMILES string of the molecule is CCc1c(N2CCN(C(=O)c3ccncc3O)CC2)c(=O)n2nc(C3=CC4CC(=O)CC4C3)nc2n1CC(=O)Nc1ccc(C(F)(F)F)cc1Cl. The topological polar surface area (TPSA) is 155 Å². The zero-order valence-corrected chi connectivity index (χ0v) is 28.0. The van der Waals surface area contributed by atoms with Crippen LogP contribution < -0.4 is 15.8 Å². The number of allylic oxidation sites excluding steroid dienone is 2. The molecular formula is C34H32ClF3N8O5. The van der Waals surface area contributed by atoms with E-state index in [-0.39, 0.29) is 96.2 Å². The van der Waals surface area contributed by atoms with Gasteiger partial charge in [-0.15, -0.1) is 5.10 Å². The van der Waals surface area contributed by atoms with Gasteiger partial charge in [0.15, 0.2) is 5.82 Å². The first kappa shape index (κ1) is 34.2. The van der Waals surface area contributed by atoms with Crippen molar-refractivity contribution in [2.75, 3.05) is 36.4 Å². The maximum atomic E-state index is 14.3. The summed E-state index contributed by atoms with van der Waals surface area (Å²) < 4.78 is 42.3. The number of pyridine rings is 1. The Labute approximate surface area is 293 Å². The lowest BCUT2D eigenvalue weighted by molar-refractivity contribution is -0.137. The van der Waals surface area contributed by atoms with Gasteiger partial charge in [0.05, 0.1) is 33.7 Å². The Bertz CT molecular complexity index is 2170. The standard InChI is InChI=1S/C34H32ClF3N8O5/c1-2-26-29(43-7-9-44(10-8-43)31(50)23-5-6-39-16-27(23)48)32(51)46-33(41-30(42-46)20-11-18-13-22(47)14-19(18)12-20)45(26)17-28(49)40-25-4-3-21(15-24(25)35)34(36,37)38/h3-6,11,15-16,18-19,48H,2,7-10,12-14,17H2,1H3,(H,40,49). The van der Waals surface area contributed by atoms with Crippen LogP contribution in [0, 0.1) is 11.8 Å². The van der Waals surface area contributed by atoms with Crippen molar-refractivity contribution in [3.05, 3.63) is 80.8 Å². The zero-order chi connectivity index (χ0) is 36.2. The second-order valence-corrected chi connectivity index (χ2v) is 13.3. The lowest BCUT2D eigenvalue weighted by Crippen LogP contribution is -2.51. The van der Waals surface area contributed by atoms with Gasteiger partial charge >= 0.3 is 6.18 Å². The van der Waals surface area contributed by atoms with Gasteiger partial charge in [-0.25, -0.2) is 0 Å². The first-order chi connectivity index (χ1) is 24.3. The van der Waals surface area contributed by atoms with Crippen molar-refractivity contribution in [3.63, 3.8) is 0 Å². The summed E-state index contributed by atoms with van der Waals surface area (Å²) in [6, 6.07) is 4.06. The third kappa shape index (κ3) is 6.43. The molecule has 4 aromatic rings. The van der Waals surface area contributed by atoms with Crippen LogP contribution in [0.4, 0.5) is 24.5 Å². The number of alkyl halides is 3. The number of nitrogens with one attached hydrogen (secondary N) is 1. The minimum absolute atomic E-state index is 0.0228. The summed E-state index contributed by atoms with van der Waals surface area (Å²) in [7, 11) is 0. The summed E-state index contributed by atoms with van der Waals surface area (Å²) in [5, 5.41) is 17.0. The number of fused-ring (bicyclic) bond motifs is 2. The molecule has 2 atom stereocenters. The van der Waals surface area contributed by atoms with Crippen molar-refractivity contribution < 1.29 is 32.7 Å². The quantitative estimate of drug-likeness (QED) is 0.285. The van der Waals surface area contributed by atoms with Crippen LogP contribution in [0.2, 0.25) is 5.02 Å². The largest absolute Gasteiger partial charge is 0.505 e. The Morgan fingerprint density at radius 2 is 1.84 bits per heavy atom. The Morgan fingerprint density at radius 1 is 1.08 bits per heavy atom. The van der Waals surface area contributed by atoms with Crippen molar-refractivity contribution in [2.45, 2.75) is 45.3 Å². The summed E-state index contributed by atoms with van der Waals surface area (Å²) in [6.45, 7) is 2.40. The number of carbonyl (C=O) groups is 3. The number of Topliss-reactive ketones (excluding diaryl/α,β-unsaturated/α-hetero) is 1. The van der Waals surface area contributed by atoms with Gasteiger partial charge in [-0.3, -0.25) is 24.2 Å². The van der Waals surface area contributed by atoms with Gasteiger partial charge in [-0.05, 0) is 54.5 Å². The van der Waals surface area contributed by atoms with Crippen molar-refractivity contribution in [3.8, 4) is 5.75 Å². The molecule has 0 bridgehead atoms. The second kappa shape index (κ2) is 13.1. The number of hydrogen-bond acceptors (Lipinski definition) is 9. The molecule has 2 aliphatic carbocycles. The van der Waals surface area contributed by atoms with Crippen LogP contribution in [0.5, 0.6) is 5.75 Å². The van der Waals surface area contributed by atoms with Gasteiger partial charge in [0.1, 0.15) is 23.8 Å². The van der Waals surface area contributed by atoms with Crippen molar-refractivity contribution in [1.29, 1.82) is 0 Å². The van der Waals surface area contributed by atoms with E-state index in [2.05, 4.69) is 15.4 Å². The average molecular weight is 725 g/mol. The number of hydrogen-bond donors (Lipinski definition) is 2. The summed E-state index contributed by atoms with van der Waals surface area (Å²) in [4.78, 5) is 64.9. The third-order valence-electron chi connectivity index (χ3n) is 9.69. The number of anilines is 2. The highest BCUT2D eigenvalue weighted by Crippen LogP contribution is 2.44. The Balaban J connectivity index is 1.24. The molecule has 0 spiro atoms. The predicted octanol–water partition coefficient (Wildman–Crippen LogP) is 4.21. The zero-order valence-electron chi connectivity index (χ0n) is 27.3. The highest BCUT2D eigenvalue weighted by molar-refractivity contribution is 6.33. The molecule has 3 aliphatic rings. The first-order valence-corrected chi connectivity index (χ1v) is 16.8. The lowest BCUT2D eigenvalue weighted by Gasteiger charge is -2.36. The fraction of sp³-hybridized carbons (Fsp3) is 0.382. The Morgan fingerprint density at radius 3 is 2.51 bits per heavy atom. The molecule has 13 nitrogen and oxygen atoms in total. The molecule has 2 N–H and O–H groups in total. The van der Waals surface area contributed by atoms with E-state index in [1.54, 1.807) is 9.47 Å². The lowest BCUT2D eigenvalue weighted by atomic mass is 10.00. The summed E-state index contributed by atoms with van der Waals surface area (Å²) in [5.41, 5.74) is 0.197. The number of aromatic hydroxyl groups is 1. The minimum Gasteiger partial charge on any atom is -0.505 e. The van der Waals surface area contributed by atoms with Crippen molar-refractivity contribution >= 4 is 51.9 Å². The summed E-state index contributed by atoms with van der Waals surface area (Å²) in [6.07, 6.45) is 1.75. The van der Waals surface area contributed by atoms with Crippen LogP contribution in [0.25, 0.3) is 11.4 Å². The number of rotatable bonds is 7. The number of amides is 2. The van der Waals surface area contributed by atoms with Crippen LogP contribution in [0.15, 0.2) is 47.5 Å². The highest BCUT2D eigenvalue weighted by atomic mass is 35.5. The number of nitrogens with zero attached hydrogens (tertiary/aromatic N) is 7. The maximum absolute atomic E-state index is 14.3. The van der Waals surface area contributed by atoms with Gasteiger partial charge in [0.2, 0.25) is 11.7 Å². The molecule has 1 aliphatic heterocycles. The van der Waals surface area contributed by atoms with E-state index >= 15 is 0 Å². The van der Waals surface area contributed by atoms with Gasteiger partial charge in [0.25, 0.3) is 11.5 Å². The molecule has 1 aromatic carbocycles. The Hall–Kier alpha value is -5.25. The van der Waals surface area contributed by atoms with Gasteiger partial charge < -0.3 is 24.8 Å². The predicted molar refractivity (Wildman–Crippen MR) is 180 cm³/mol. The highest BCUT2D eigenvalue weighted by Gasteiger charge is 2.38. The van der Waals surface area contributed by atoms with Crippen LogP contribution in [0.1, 0.15) is 53.6 Å². The van der Waals surface area contributed by atoms with Crippen LogP contribution in [0.3, 0.4) is 0 Å². The number of piperazine rings is 1. The molecule has 7 rings (SSSR count). The molecule has 2 unspecified atom stereocenters. The van der Waals surface area contributed by atoms with E-state index < -0.39 is 23.2 Å². The molecule has 4 heterocycles. The number of benzene rings is 1. The van der Waals surface area contributed by atoms with Crippen LogP contribution in [-0.4, -0.2) is 77.9 Å². The van der Waals surface area contributed by atoms with Crippen LogP contribution in [-0.2, 0) is 28.7 Å². The van der Waals surface area contributed by atoms with Crippen molar-refractivity contribution in [2.24, 2.45) is 11.8 Å². The van der Waals surface area contributed by atoms with Crippen LogP contribution >= 0.6 is 11.6 Å². The number of halogens is 4. The summed E-state index contributed by atoms with van der Waals surface area (Å²) in [5.74, 6) is -0.419. The van der Waals surface area contributed by atoms with E-state index in [0.717, 1.165) is 28.3 Å². The van der Waals surface area contributed by atoms with Gasteiger partial charge in [0, 0.05) is 45.2 Å². The molecule has 17 heteroatoms. The first-order valence-electron chi connectivity index (χ1n) is 16.4. The fourth-order valence-electron chi connectivity index (χ4n) is 7.21. The molecule has 2 fully saturated rings. The summed E-state index contributed by atoms with van der Waals surface area (Å²) >= 11 is 6.12. The van der Waals surface area contributed by atoms with Gasteiger partial charge in [-0.1, -0.05) is 24.6 Å². The number of ketones is 1. The number of carbonyl (C=O) groups excluding carboxylic acids is 3. The number of aromatic nitrogens is 5. The molecule has 0 radical (unpaired) electrons. The molecular weight excluding hydrogens is 693 g/mol. The van der Waals surface area contributed by atoms with E-state index in [1.165, 1.54) is 18.5 Å². The molecule has 3 aromatic heterocycles. The van der Waals surface area contributed by atoms with E-state index in [1.807, 2.05) is 17.9 Å². The maximum Gasteiger partial charge on any atom is 0.416 e. The average Bonchev–Trinajstić information content (AvgIpc) is 3.80. The smallest absolute Gasteiger partial charge is 0.416 e. The van der Waals surface area contributed by atoms with E-state index in [9.17, 15) is 37.5 Å². The minimum atomic E-state index is -4.62. The van der Waals surface area contributed by atoms with E-state index in [0.29, 0.717) is 30.8 Å². The molecule has 1 saturated heterocycles. The molecule has 2 amide bonds. The normalized spacial score (nSPS) is 19.1. The molecule has 51 heavy (non-hydrogen) atoms.